The molecular formula is C10H8Cl2F2O4. The number of para-hydroxylation sites is 1. The molecule has 8 heteroatoms. The number of carbonyl (C=O) groups is 1. The summed E-state index contributed by atoms with van der Waals surface area (Å²) >= 11 is 9.93. The highest BCUT2D eigenvalue weighted by Crippen LogP contribution is 2.29. The highest BCUT2D eigenvalue weighted by Gasteiger charge is 2.44. The van der Waals surface area contributed by atoms with E-state index in [1.54, 1.807) is 6.07 Å². The predicted octanol–water partition coefficient (Wildman–Crippen LogP) is 2.89. The van der Waals surface area contributed by atoms with E-state index in [0.29, 0.717) is 0 Å². The van der Waals surface area contributed by atoms with Gasteiger partial charge in [-0.3, -0.25) is 4.74 Å². The Morgan fingerprint density at radius 3 is 2.28 bits per heavy atom. The minimum absolute atomic E-state index is 0.0568. The number of rotatable bonds is 6. The van der Waals surface area contributed by atoms with Gasteiger partial charge in [-0.25, -0.2) is 4.79 Å². The lowest BCUT2D eigenvalue weighted by atomic mass is 10.3. The van der Waals surface area contributed by atoms with Crippen LogP contribution in [0.1, 0.15) is 0 Å². The number of aliphatic carboxylic acids is 1. The van der Waals surface area contributed by atoms with Gasteiger partial charge in [0.2, 0.25) is 0 Å². The molecular weight excluding hydrogens is 293 g/mol. The molecule has 0 aliphatic rings. The predicted molar refractivity (Wildman–Crippen MR) is 60.0 cm³/mol. The molecule has 0 heterocycles. The number of alkyl halides is 4. The Labute approximate surface area is 111 Å². The third kappa shape index (κ3) is 4.29. The van der Waals surface area contributed by atoms with Crippen molar-refractivity contribution in [3.05, 3.63) is 30.3 Å². The molecule has 1 aromatic rings. The molecule has 0 spiro atoms. The minimum Gasteiger partial charge on any atom is -0.477 e. The molecule has 0 radical (unpaired) electrons. The second-order valence-corrected chi connectivity index (χ2v) is 4.18. The van der Waals surface area contributed by atoms with E-state index in [1.165, 1.54) is 24.3 Å². The fourth-order valence-corrected chi connectivity index (χ4v) is 1.04. The summed E-state index contributed by atoms with van der Waals surface area (Å²) in [6.07, 6.45) is -6.26. The van der Waals surface area contributed by atoms with Crippen molar-refractivity contribution < 1.29 is 28.2 Å². The minimum atomic E-state index is -4.04. The van der Waals surface area contributed by atoms with Crippen LogP contribution in [0, 0.1) is 0 Å². The Morgan fingerprint density at radius 1 is 1.28 bits per heavy atom. The Balaban J connectivity index is 2.76. The third-order valence-corrected chi connectivity index (χ3v) is 2.21. The summed E-state index contributed by atoms with van der Waals surface area (Å²) in [4.78, 5) is 8.53. The van der Waals surface area contributed by atoms with Gasteiger partial charge in [0, 0.05) is 0 Å². The zero-order valence-corrected chi connectivity index (χ0v) is 10.2. The molecule has 0 aliphatic heterocycles. The number of carboxylic acids is 1. The Kier molecular flexibility index (Phi) is 5.13. The molecule has 18 heavy (non-hydrogen) atoms. The molecule has 0 saturated heterocycles. The summed E-state index contributed by atoms with van der Waals surface area (Å²) in [5, 5.41) is 8.71. The van der Waals surface area contributed by atoms with Gasteiger partial charge in [-0.05, 0) is 12.1 Å². The topological polar surface area (TPSA) is 55.8 Å². The number of carboxylic acid groups (broad SMARTS) is 1. The molecule has 0 aliphatic carbocycles. The second kappa shape index (κ2) is 6.17. The highest BCUT2D eigenvalue weighted by atomic mass is 35.5. The molecule has 100 valence electrons. The van der Waals surface area contributed by atoms with E-state index < -0.39 is 23.2 Å². The Bertz CT molecular complexity index is 400. The number of hydrogen-bond donors (Lipinski definition) is 1. The van der Waals surface area contributed by atoms with Gasteiger partial charge in [0.25, 0.3) is 0 Å². The molecule has 0 saturated carbocycles. The van der Waals surface area contributed by atoms with Crippen molar-refractivity contribution in [2.75, 3.05) is 0 Å². The smallest absolute Gasteiger partial charge is 0.389 e. The van der Waals surface area contributed by atoms with Gasteiger partial charge in [0.05, 0.1) is 0 Å². The van der Waals surface area contributed by atoms with Gasteiger partial charge < -0.3 is 9.84 Å². The van der Waals surface area contributed by atoms with Crippen LogP contribution in [0.25, 0.3) is 0 Å². The molecule has 0 bridgehead atoms. The maximum atomic E-state index is 13.0. The van der Waals surface area contributed by atoms with E-state index in [1.807, 2.05) is 0 Å². The van der Waals surface area contributed by atoms with E-state index in [0.717, 1.165) is 0 Å². The van der Waals surface area contributed by atoms with Gasteiger partial charge in [0.1, 0.15) is 5.75 Å². The van der Waals surface area contributed by atoms with Crippen LogP contribution in [0.15, 0.2) is 30.3 Å². The van der Waals surface area contributed by atoms with Crippen molar-refractivity contribution in [3.8, 4) is 5.75 Å². The van der Waals surface area contributed by atoms with Crippen molar-refractivity contribution in [1.29, 1.82) is 0 Å². The summed E-state index contributed by atoms with van der Waals surface area (Å²) in [7, 11) is 0. The fourth-order valence-electron chi connectivity index (χ4n) is 0.942. The van der Waals surface area contributed by atoms with Crippen LogP contribution in [0.3, 0.4) is 0 Å². The second-order valence-electron chi connectivity index (χ2n) is 3.08. The molecule has 1 N–H and O–H groups in total. The molecule has 0 amide bonds. The Morgan fingerprint density at radius 2 is 1.83 bits per heavy atom. The van der Waals surface area contributed by atoms with Crippen molar-refractivity contribution >= 4 is 29.2 Å². The summed E-state index contributed by atoms with van der Waals surface area (Å²) in [6, 6.07) is 7.49. The van der Waals surface area contributed by atoms with Gasteiger partial charge in [-0.15, -0.1) is 0 Å². The SMILES string of the molecule is O=C(O)C(Oc1ccccc1)OC(F)(F)C(Cl)Cl. The molecule has 0 aromatic heterocycles. The number of hydrogen-bond acceptors (Lipinski definition) is 3. The lowest BCUT2D eigenvalue weighted by molar-refractivity contribution is -0.287. The number of halogens is 4. The van der Waals surface area contributed by atoms with Crippen molar-refractivity contribution in [2.24, 2.45) is 0 Å². The summed E-state index contributed by atoms with van der Waals surface area (Å²) in [6.45, 7) is 0. The fraction of sp³-hybridized carbons (Fsp3) is 0.300. The first-order valence-corrected chi connectivity index (χ1v) is 5.48. The summed E-state index contributed by atoms with van der Waals surface area (Å²) in [5.41, 5.74) is 0. The van der Waals surface area contributed by atoms with Crippen LogP contribution < -0.4 is 4.74 Å². The molecule has 1 atom stereocenters. The Hall–Kier alpha value is -1.11. The largest absolute Gasteiger partial charge is 0.477 e. The van der Waals surface area contributed by atoms with E-state index in [2.05, 4.69) is 4.74 Å². The zero-order chi connectivity index (χ0) is 13.8. The van der Waals surface area contributed by atoms with Crippen molar-refractivity contribution in [2.45, 2.75) is 17.2 Å². The molecule has 4 nitrogen and oxygen atoms in total. The first kappa shape index (κ1) is 14.9. The highest BCUT2D eigenvalue weighted by molar-refractivity contribution is 6.44. The van der Waals surface area contributed by atoms with Crippen LogP contribution >= 0.6 is 23.2 Å². The number of benzene rings is 1. The van der Waals surface area contributed by atoms with E-state index >= 15 is 0 Å². The first-order valence-electron chi connectivity index (χ1n) is 4.61. The lowest BCUT2D eigenvalue weighted by Crippen LogP contribution is -2.40. The standard InChI is InChI=1S/C10H8Cl2F2O4/c11-9(12)10(13,14)18-8(7(15)16)17-6-4-2-1-3-5-6/h1-5,8-9H,(H,15,16). The van der Waals surface area contributed by atoms with Crippen LogP contribution in [-0.4, -0.2) is 28.3 Å². The first-order chi connectivity index (χ1) is 8.33. The van der Waals surface area contributed by atoms with Crippen molar-refractivity contribution in [3.63, 3.8) is 0 Å². The van der Waals surface area contributed by atoms with Crippen LogP contribution in [0.5, 0.6) is 5.75 Å². The van der Waals surface area contributed by atoms with Crippen LogP contribution in [0.2, 0.25) is 0 Å². The van der Waals surface area contributed by atoms with Crippen molar-refractivity contribution in [1.82, 2.24) is 0 Å². The molecule has 0 fully saturated rings. The van der Waals surface area contributed by atoms with Crippen LogP contribution in [-0.2, 0) is 9.53 Å². The maximum absolute atomic E-state index is 13.0. The third-order valence-electron chi connectivity index (χ3n) is 1.71. The van der Waals surface area contributed by atoms with E-state index in [4.69, 9.17) is 33.0 Å². The summed E-state index contributed by atoms with van der Waals surface area (Å²) in [5.74, 6) is -1.67. The molecule has 1 rings (SSSR count). The quantitative estimate of drug-likeness (QED) is 0.648. The monoisotopic (exact) mass is 300 g/mol. The van der Waals surface area contributed by atoms with Crippen LogP contribution in [0.4, 0.5) is 8.78 Å². The summed E-state index contributed by atoms with van der Waals surface area (Å²) < 4.78 is 34.7. The normalized spacial score (nSPS) is 13.4. The number of ether oxygens (including phenoxy) is 2. The van der Waals surface area contributed by atoms with Gasteiger partial charge in [-0.2, -0.15) is 8.78 Å². The van der Waals surface area contributed by atoms with Gasteiger partial charge >= 0.3 is 18.4 Å². The lowest BCUT2D eigenvalue weighted by Gasteiger charge is -2.22. The molecule has 1 aromatic carbocycles. The zero-order valence-electron chi connectivity index (χ0n) is 8.73. The van der Waals surface area contributed by atoms with E-state index in [9.17, 15) is 13.6 Å². The van der Waals surface area contributed by atoms with Gasteiger partial charge in [-0.1, -0.05) is 41.4 Å². The van der Waals surface area contributed by atoms with Gasteiger partial charge in [0.15, 0.2) is 4.84 Å². The average molecular weight is 301 g/mol. The maximum Gasteiger partial charge on any atom is 0.389 e. The molecule has 1 unspecified atom stereocenters. The van der Waals surface area contributed by atoms with E-state index in [-0.39, 0.29) is 5.75 Å². The average Bonchev–Trinajstić information content (AvgIpc) is 2.29.